The van der Waals surface area contributed by atoms with Crippen LogP contribution in [0, 0.1) is 0 Å². The second kappa shape index (κ2) is 10.4. The van der Waals surface area contributed by atoms with Crippen molar-refractivity contribution in [3.05, 3.63) is 46.1 Å². The molecule has 2 atom stereocenters. The first kappa shape index (κ1) is 25.8. The standard InChI is InChI=1S/C21H19N5O9S2/c1-34-25-13(10-7-37-21(22)23-10)16(29)24-14-17(30)26-15(19(31)32)9(6-36-18(14)26)5-35-20(33)8-2-3-11(27)12(28)4-8/h2-4,7,14,18,27-28H,5-6H2,1H3,(H2,22,23)(H,24,29)(H,31,32)/t14-,18-/m1/s1. The van der Waals surface area contributed by atoms with Gasteiger partial charge >= 0.3 is 11.9 Å². The molecule has 2 aliphatic rings. The van der Waals surface area contributed by atoms with Crippen molar-refractivity contribution in [3.8, 4) is 11.5 Å². The number of hydrogen-bond acceptors (Lipinski definition) is 13. The number of thioether (sulfide) groups is 1. The summed E-state index contributed by atoms with van der Waals surface area (Å²) in [6, 6.07) is 2.29. The lowest BCUT2D eigenvalue weighted by atomic mass is 10.0. The van der Waals surface area contributed by atoms with E-state index >= 15 is 0 Å². The topological polar surface area (TPSA) is 214 Å². The molecule has 14 nitrogen and oxygen atoms in total. The van der Waals surface area contributed by atoms with Crippen LogP contribution < -0.4 is 11.1 Å². The van der Waals surface area contributed by atoms with E-state index in [1.54, 1.807) is 0 Å². The molecule has 0 saturated carbocycles. The van der Waals surface area contributed by atoms with Gasteiger partial charge in [-0.05, 0) is 18.2 Å². The Morgan fingerprint density at radius 3 is 2.68 bits per heavy atom. The minimum atomic E-state index is -1.41. The second-order valence-corrected chi connectivity index (χ2v) is 9.59. The second-order valence-electron chi connectivity index (χ2n) is 7.59. The van der Waals surface area contributed by atoms with Gasteiger partial charge in [-0.25, -0.2) is 14.6 Å². The maximum absolute atomic E-state index is 12.9. The zero-order chi connectivity index (χ0) is 26.9. The molecule has 0 aliphatic carbocycles. The maximum Gasteiger partial charge on any atom is 0.352 e. The predicted molar refractivity (Wildman–Crippen MR) is 130 cm³/mol. The van der Waals surface area contributed by atoms with Crippen molar-refractivity contribution < 1.29 is 44.1 Å². The SMILES string of the molecule is CON=C(C(=O)N[C@@H]1C(=O)N2C(C(=O)O)=C(COC(=O)c3ccc(O)c(O)c3)CS[C@H]12)c1csc(N)n1. The molecule has 1 saturated heterocycles. The van der Waals surface area contributed by atoms with Gasteiger partial charge in [-0.1, -0.05) is 5.16 Å². The van der Waals surface area contributed by atoms with Gasteiger partial charge in [0.25, 0.3) is 11.8 Å². The number of esters is 1. The molecule has 37 heavy (non-hydrogen) atoms. The minimum Gasteiger partial charge on any atom is -0.504 e. The highest BCUT2D eigenvalue weighted by molar-refractivity contribution is 8.00. The van der Waals surface area contributed by atoms with E-state index in [0.717, 1.165) is 28.4 Å². The Kier molecular flexibility index (Phi) is 7.21. The number of fused-ring (bicyclic) bond motifs is 1. The number of aromatic nitrogens is 1. The van der Waals surface area contributed by atoms with Crippen molar-refractivity contribution in [2.45, 2.75) is 11.4 Å². The van der Waals surface area contributed by atoms with E-state index in [-0.39, 0.29) is 39.1 Å². The first-order valence-corrected chi connectivity index (χ1v) is 12.3. The number of phenolic OH excluding ortho intramolecular Hbond substituents is 2. The number of nitrogens with one attached hydrogen (secondary N) is 1. The maximum atomic E-state index is 12.9. The Hall–Kier alpha value is -4.31. The van der Waals surface area contributed by atoms with E-state index < -0.39 is 53.3 Å². The number of anilines is 1. The Labute approximate surface area is 216 Å². The van der Waals surface area contributed by atoms with E-state index in [4.69, 9.17) is 15.3 Å². The summed E-state index contributed by atoms with van der Waals surface area (Å²) >= 11 is 2.26. The van der Waals surface area contributed by atoms with E-state index in [0.29, 0.717) is 0 Å². The molecule has 0 radical (unpaired) electrons. The summed E-state index contributed by atoms with van der Waals surface area (Å²) in [5.41, 5.74) is 5.31. The number of nitrogens with zero attached hydrogens (tertiary/aromatic N) is 3. The molecule has 0 bridgehead atoms. The Morgan fingerprint density at radius 2 is 2.05 bits per heavy atom. The van der Waals surface area contributed by atoms with Crippen LogP contribution in [0.3, 0.4) is 0 Å². The van der Waals surface area contributed by atoms with Crippen molar-refractivity contribution in [2.75, 3.05) is 25.2 Å². The molecule has 3 heterocycles. The molecule has 1 fully saturated rings. The van der Waals surface area contributed by atoms with Crippen LogP contribution in [0.2, 0.25) is 0 Å². The van der Waals surface area contributed by atoms with E-state index in [9.17, 15) is 34.5 Å². The molecule has 2 aromatic rings. The third-order valence-corrected chi connectivity index (χ3v) is 7.30. The van der Waals surface area contributed by atoms with Crippen LogP contribution in [0.1, 0.15) is 16.1 Å². The third kappa shape index (κ3) is 5.01. The molecule has 6 N–H and O–H groups in total. The molecule has 0 unspecified atom stereocenters. The average molecular weight is 550 g/mol. The number of carbonyl (C=O) groups is 4. The molecular formula is C21H19N5O9S2. The summed E-state index contributed by atoms with van der Waals surface area (Å²) in [6.45, 7) is -0.432. The Morgan fingerprint density at radius 1 is 1.30 bits per heavy atom. The highest BCUT2D eigenvalue weighted by Crippen LogP contribution is 2.40. The van der Waals surface area contributed by atoms with E-state index in [2.05, 4.69) is 15.5 Å². The number of carbonyl (C=O) groups excluding carboxylic acids is 3. The largest absolute Gasteiger partial charge is 0.504 e. The van der Waals surface area contributed by atoms with Gasteiger partial charge in [0.2, 0.25) is 0 Å². The van der Waals surface area contributed by atoms with Gasteiger partial charge in [-0.2, -0.15) is 0 Å². The third-order valence-electron chi connectivity index (χ3n) is 5.29. The number of hydrogen-bond donors (Lipinski definition) is 5. The average Bonchev–Trinajstić information content (AvgIpc) is 3.30. The van der Waals surface area contributed by atoms with Crippen LogP contribution in [-0.2, 0) is 24.0 Å². The number of carboxylic acid groups (broad SMARTS) is 1. The number of β-lactam (4-membered cyclic amide) rings is 1. The van der Waals surface area contributed by atoms with E-state index in [1.165, 1.54) is 30.3 Å². The van der Waals surface area contributed by atoms with Gasteiger partial charge in [0.1, 0.15) is 36.5 Å². The highest BCUT2D eigenvalue weighted by atomic mass is 32.2. The molecular weight excluding hydrogens is 530 g/mol. The number of benzene rings is 1. The van der Waals surface area contributed by atoms with Crippen molar-refractivity contribution >= 4 is 57.7 Å². The highest BCUT2D eigenvalue weighted by Gasteiger charge is 2.54. The fourth-order valence-electron chi connectivity index (χ4n) is 3.58. The van der Waals surface area contributed by atoms with Crippen molar-refractivity contribution in [1.82, 2.24) is 15.2 Å². The van der Waals surface area contributed by atoms with Gasteiger partial charge in [0.15, 0.2) is 22.3 Å². The van der Waals surface area contributed by atoms with Gasteiger partial charge < -0.3 is 35.9 Å². The summed E-state index contributed by atoms with van der Waals surface area (Å²) in [5, 5.41) is 35.9. The molecule has 16 heteroatoms. The number of nitrogens with two attached hydrogens (primary N) is 1. The zero-order valence-corrected chi connectivity index (χ0v) is 20.5. The van der Waals surface area contributed by atoms with Gasteiger partial charge in [0.05, 0.1) is 5.56 Å². The molecule has 194 valence electrons. The number of nitrogen functional groups attached to an aromatic ring is 1. The molecule has 0 spiro atoms. The van der Waals surface area contributed by atoms with Gasteiger partial charge in [0, 0.05) is 16.7 Å². The molecule has 2 aliphatic heterocycles. The molecule has 2 amide bonds. The number of thiazole rings is 1. The quantitative estimate of drug-likeness (QED) is 0.0973. The van der Waals surface area contributed by atoms with Gasteiger partial charge in [-0.15, -0.1) is 23.1 Å². The van der Waals surface area contributed by atoms with Crippen LogP contribution in [0.25, 0.3) is 0 Å². The molecule has 1 aromatic carbocycles. The zero-order valence-electron chi connectivity index (χ0n) is 18.9. The van der Waals surface area contributed by atoms with Crippen LogP contribution in [-0.4, -0.2) is 85.6 Å². The normalized spacial score (nSPS) is 19.1. The van der Waals surface area contributed by atoms with Crippen molar-refractivity contribution in [1.29, 1.82) is 0 Å². The number of ether oxygens (including phenoxy) is 1. The fourth-order valence-corrected chi connectivity index (χ4v) is 5.46. The van der Waals surface area contributed by atoms with Crippen LogP contribution >= 0.6 is 23.1 Å². The van der Waals surface area contributed by atoms with Gasteiger partial charge in [-0.3, -0.25) is 14.5 Å². The number of phenols is 2. The number of oxime groups is 1. The summed E-state index contributed by atoms with van der Waals surface area (Å²) in [7, 11) is 1.24. The summed E-state index contributed by atoms with van der Waals surface area (Å²) in [5.74, 6) is -4.56. The van der Waals surface area contributed by atoms with E-state index in [1.807, 2.05) is 0 Å². The number of amides is 2. The van der Waals surface area contributed by atoms with Crippen LogP contribution in [0.15, 0.2) is 40.0 Å². The monoisotopic (exact) mass is 549 g/mol. The Bertz CT molecular complexity index is 1360. The lowest BCUT2D eigenvalue weighted by Gasteiger charge is -2.49. The first-order valence-electron chi connectivity index (χ1n) is 10.3. The smallest absolute Gasteiger partial charge is 0.352 e. The number of aromatic hydroxyl groups is 2. The molecule has 4 rings (SSSR count). The minimum absolute atomic E-state index is 0.0627. The van der Waals surface area contributed by atoms with Crippen molar-refractivity contribution in [2.24, 2.45) is 5.16 Å². The Balaban J connectivity index is 1.47. The van der Waals surface area contributed by atoms with Crippen LogP contribution in [0.4, 0.5) is 5.13 Å². The summed E-state index contributed by atoms with van der Waals surface area (Å²) in [6.07, 6.45) is 0. The lowest BCUT2D eigenvalue weighted by Crippen LogP contribution is -2.71. The summed E-state index contributed by atoms with van der Waals surface area (Å²) in [4.78, 5) is 59.7. The first-order chi connectivity index (χ1) is 17.6. The van der Waals surface area contributed by atoms with Crippen LogP contribution in [0.5, 0.6) is 11.5 Å². The summed E-state index contributed by atoms with van der Waals surface area (Å²) < 4.78 is 5.17. The number of aliphatic carboxylic acids is 1. The predicted octanol–water partition coefficient (Wildman–Crippen LogP) is 0.0826. The number of rotatable bonds is 8. The lowest BCUT2D eigenvalue weighted by molar-refractivity contribution is -0.150. The van der Waals surface area contributed by atoms with Crippen molar-refractivity contribution in [3.63, 3.8) is 0 Å². The fraction of sp³-hybridized carbons (Fsp3) is 0.238. The number of carboxylic acids is 1. The molecule has 1 aromatic heterocycles.